The zero-order valence-electron chi connectivity index (χ0n) is 19.0. The van der Waals surface area contributed by atoms with Crippen molar-refractivity contribution in [2.45, 2.75) is 24.8 Å². The van der Waals surface area contributed by atoms with E-state index in [-0.39, 0.29) is 5.56 Å². The van der Waals surface area contributed by atoms with E-state index in [4.69, 9.17) is 4.98 Å². The molecule has 0 fully saturated rings. The second-order valence-electron chi connectivity index (χ2n) is 8.14. The topological polar surface area (TPSA) is 78.0 Å². The Morgan fingerprint density at radius 3 is 2.69 bits per heavy atom. The van der Waals surface area contributed by atoms with E-state index < -0.39 is 0 Å². The number of hydrogen-bond acceptors (Lipinski definition) is 7. The third-order valence-corrected chi connectivity index (χ3v) is 7.87. The number of pyridine rings is 1. The van der Waals surface area contributed by atoms with Crippen molar-refractivity contribution in [1.82, 2.24) is 29.1 Å². The summed E-state index contributed by atoms with van der Waals surface area (Å²) < 4.78 is 3.64. The first-order valence-corrected chi connectivity index (χ1v) is 12.9. The summed E-state index contributed by atoms with van der Waals surface area (Å²) in [4.78, 5) is 22.7. The van der Waals surface area contributed by atoms with Crippen molar-refractivity contribution in [3.05, 3.63) is 99.4 Å². The minimum absolute atomic E-state index is 0.106. The highest BCUT2D eigenvalue weighted by molar-refractivity contribution is 7.98. The number of aryl methyl sites for hydroxylation is 1. The van der Waals surface area contributed by atoms with Crippen LogP contribution in [0.3, 0.4) is 0 Å². The van der Waals surface area contributed by atoms with Crippen LogP contribution in [0.15, 0.2) is 82.2 Å². The van der Waals surface area contributed by atoms with Crippen LogP contribution in [0.2, 0.25) is 0 Å². The maximum Gasteiger partial charge on any atom is 0.267 e. The molecule has 0 radical (unpaired) electrons. The van der Waals surface area contributed by atoms with Crippen LogP contribution in [0.4, 0.5) is 0 Å². The Balaban J connectivity index is 1.45. The molecule has 7 nitrogen and oxygen atoms in total. The van der Waals surface area contributed by atoms with Crippen molar-refractivity contribution in [3.63, 3.8) is 0 Å². The van der Waals surface area contributed by atoms with Gasteiger partial charge >= 0.3 is 0 Å². The Hall–Kier alpha value is -3.82. The molecule has 0 aliphatic rings. The second kappa shape index (κ2) is 8.75. The van der Waals surface area contributed by atoms with Gasteiger partial charge in [-0.05, 0) is 55.3 Å². The smallest absolute Gasteiger partial charge is 0.267 e. The molecule has 0 saturated heterocycles. The van der Waals surface area contributed by atoms with Crippen LogP contribution >= 0.6 is 23.1 Å². The molecule has 172 valence electrons. The van der Waals surface area contributed by atoms with Gasteiger partial charge in [0.2, 0.25) is 5.78 Å². The van der Waals surface area contributed by atoms with Crippen molar-refractivity contribution >= 4 is 39.8 Å². The monoisotopic (exact) mass is 496 g/mol. The van der Waals surface area contributed by atoms with Gasteiger partial charge in [-0.1, -0.05) is 42.1 Å². The van der Waals surface area contributed by atoms with Crippen molar-refractivity contribution < 1.29 is 0 Å². The van der Waals surface area contributed by atoms with E-state index in [0.29, 0.717) is 22.1 Å². The molecular weight excluding hydrogens is 476 g/mol. The van der Waals surface area contributed by atoms with Crippen LogP contribution in [0.25, 0.3) is 33.1 Å². The summed E-state index contributed by atoms with van der Waals surface area (Å²) in [7, 11) is 0. The molecule has 0 saturated carbocycles. The molecule has 0 aliphatic heterocycles. The normalized spacial score (nSPS) is 11.5. The molecule has 0 atom stereocenters. The van der Waals surface area contributed by atoms with E-state index in [2.05, 4.69) is 15.2 Å². The summed E-state index contributed by atoms with van der Waals surface area (Å²) in [5.74, 6) is 1.12. The number of benzene rings is 2. The number of aromatic nitrogens is 6. The molecule has 0 N–H and O–H groups in total. The molecule has 6 rings (SSSR count). The Labute approximate surface area is 209 Å². The number of hydrogen-bond donors (Lipinski definition) is 0. The number of para-hydroxylation sites is 1. The van der Waals surface area contributed by atoms with E-state index in [1.165, 1.54) is 0 Å². The van der Waals surface area contributed by atoms with Crippen molar-refractivity contribution in [2.24, 2.45) is 0 Å². The van der Waals surface area contributed by atoms with Gasteiger partial charge in [-0.2, -0.15) is 0 Å². The van der Waals surface area contributed by atoms with E-state index in [1.807, 2.05) is 84.3 Å². The average Bonchev–Trinajstić information content (AvgIpc) is 3.53. The van der Waals surface area contributed by atoms with Gasteiger partial charge in [-0.3, -0.25) is 14.2 Å². The third kappa shape index (κ3) is 3.73. The fourth-order valence-electron chi connectivity index (χ4n) is 4.09. The lowest BCUT2D eigenvalue weighted by molar-refractivity contribution is 0.927. The molecule has 9 heteroatoms. The maximum atomic E-state index is 13.6. The maximum absolute atomic E-state index is 13.6. The highest BCUT2D eigenvalue weighted by Crippen LogP contribution is 2.29. The minimum atomic E-state index is -0.106. The van der Waals surface area contributed by atoms with Gasteiger partial charge < -0.3 is 0 Å². The zero-order chi connectivity index (χ0) is 23.9. The lowest BCUT2D eigenvalue weighted by atomic mass is 10.1. The molecule has 2 aromatic carbocycles. The molecule has 4 heterocycles. The van der Waals surface area contributed by atoms with Gasteiger partial charge in [-0.25, -0.2) is 9.55 Å². The van der Waals surface area contributed by atoms with Crippen LogP contribution in [0.1, 0.15) is 16.8 Å². The van der Waals surface area contributed by atoms with E-state index in [1.54, 1.807) is 33.9 Å². The second-order valence-corrected chi connectivity index (χ2v) is 9.94. The predicted octanol–water partition coefficient (Wildman–Crippen LogP) is 5.46. The van der Waals surface area contributed by atoms with Crippen molar-refractivity contribution in [3.8, 4) is 16.4 Å². The van der Waals surface area contributed by atoms with E-state index in [9.17, 15) is 4.79 Å². The van der Waals surface area contributed by atoms with E-state index >= 15 is 0 Å². The SMILES string of the molecule is Cc1cccc(-n2c(=O)c3ccccc3n3c(SCc4csc(-c5ccccn5)n4)nnc23)c1C. The molecule has 0 amide bonds. The molecule has 0 spiro atoms. The fourth-order valence-corrected chi connectivity index (χ4v) is 5.82. The van der Waals surface area contributed by atoms with Crippen LogP contribution in [0.5, 0.6) is 0 Å². The van der Waals surface area contributed by atoms with Gasteiger partial charge in [0.15, 0.2) is 5.16 Å². The van der Waals surface area contributed by atoms with Crippen LogP contribution in [-0.2, 0) is 5.75 Å². The highest BCUT2D eigenvalue weighted by atomic mass is 32.2. The molecular formula is C26H20N6OS2. The zero-order valence-corrected chi connectivity index (χ0v) is 20.7. The Morgan fingerprint density at radius 1 is 0.971 bits per heavy atom. The molecule has 0 aliphatic carbocycles. The average molecular weight is 497 g/mol. The predicted molar refractivity (Wildman–Crippen MR) is 140 cm³/mol. The van der Waals surface area contributed by atoms with Crippen molar-refractivity contribution in [1.29, 1.82) is 0 Å². The molecule has 0 bridgehead atoms. The first-order valence-electron chi connectivity index (χ1n) is 11.1. The molecule has 35 heavy (non-hydrogen) atoms. The summed E-state index contributed by atoms with van der Waals surface area (Å²) in [5, 5.41) is 13.2. The van der Waals surface area contributed by atoms with Gasteiger partial charge in [0.05, 0.1) is 28.0 Å². The number of thioether (sulfide) groups is 1. The number of thiazole rings is 1. The van der Waals surface area contributed by atoms with Gasteiger partial charge in [0.1, 0.15) is 5.01 Å². The quantitative estimate of drug-likeness (QED) is 0.295. The van der Waals surface area contributed by atoms with Gasteiger partial charge in [0, 0.05) is 17.3 Å². The largest absolute Gasteiger partial charge is 0.268 e. The summed E-state index contributed by atoms with van der Waals surface area (Å²) in [6.45, 7) is 4.07. The van der Waals surface area contributed by atoms with Crippen molar-refractivity contribution in [2.75, 3.05) is 0 Å². The first kappa shape index (κ1) is 21.7. The first-order chi connectivity index (χ1) is 17.1. The van der Waals surface area contributed by atoms with Crippen LogP contribution in [0, 0.1) is 13.8 Å². The Bertz CT molecular complexity index is 1750. The van der Waals surface area contributed by atoms with E-state index in [0.717, 1.165) is 38.7 Å². The molecule has 0 unspecified atom stereocenters. The summed E-state index contributed by atoms with van der Waals surface area (Å²) in [6, 6.07) is 19.4. The minimum Gasteiger partial charge on any atom is -0.268 e. The molecule has 4 aromatic heterocycles. The highest BCUT2D eigenvalue weighted by Gasteiger charge is 2.19. The standard InChI is InChI=1S/C26H20N6OS2/c1-16-8-7-12-21(17(16)2)31-24(33)19-9-3-4-11-22(19)32-25(31)29-30-26(32)35-15-18-14-34-23(28-18)20-10-5-6-13-27-20/h3-14H,15H2,1-2H3. The Morgan fingerprint density at radius 2 is 1.83 bits per heavy atom. The molecule has 6 aromatic rings. The summed E-state index contributed by atoms with van der Waals surface area (Å²) in [6.07, 6.45) is 1.77. The van der Waals surface area contributed by atoms with Gasteiger partial charge in [-0.15, -0.1) is 21.5 Å². The van der Waals surface area contributed by atoms with Gasteiger partial charge in [0.25, 0.3) is 5.56 Å². The number of fused-ring (bicyclic) bond motifs is 3. The lowest BCUT2D eigenvalue weighted by Gasteiger charge is -2.14. The number of rotatable bonds is 5. The third-order valence-electron chi connectivity index (χ3n) is 6.00. The lowest BCUT2D eigenvalue weighted by Crippen LogP contribution is -2.22. The summed E-state index contributed by atoms with van der Waals surface area (Å²) >= 11 is 3.12. The Kier molecular flexibility index (Phi) is 5.43. The fraction of sp³-hybridized carbons (Fsp3) is 0.115. The number of nitrogens with zero attached hydrogens (tertiary/aromatic N) is 6. The van der Waals surface area contributed by atoms with Crippen LogP contribution in [-0.4, -0.2) is 29.1 Å². The van der Waals surface area contributed by atoms with Crippen LogP contribution < -0.4 is 5.56 Å². The summed E-state index contributed by atoms with van der Waals surface area (Å²) in [5.41, 5.74) is 5.46.